The second kappa shape index (κ2) is 11.1. The van der Waals surface area contributed by atoms with Crippen molar-refractivity contribution < 1.29 is 14.3 Å². The summed E-state index contributed by atoms with van der Waals surface area (Å²) in [5.41, 5.74) is 2.67. The Morgan fingerprint density at radius 3 is 2.35 bits per heavy atom. The summed E-state index contributed by atoms with van der Waals surface area (Å²) in [6, 6.07) is 16.3. The molecular formula is C29H39ClN4O3. The van der Waals surface area contributed by atoms with Crippen LogP contribution in [0, 0.1) is 6.92 Å². The van der Waals surface area contributed by atoms with Crippen molar-refractivity contribution in [3.05, 3.63) is 70.9 Å². The number of carbonyl (C=O) groups excluding carboxylic acids is 1. The van der Waals surface area contributed by atoms with E-state index in [0.717, 1.165) is 30.6 Å². The highest BCUT2D eigenvalue weighted by molar-refractivity contribution is 6.00. The fraction of sp³-hybridized carbons (Fsp3) is 0.448. The molecule has 3 aromatic rings. The first-order valence-electron chi connectivity index (χ1n) is 12.7. The molecule has 1 amide bonds. The fourth-order valence-corrected chi connectivity index (χ4v) is 5.38. The Morgan fingerprint density at radius 2 is 1.76 bits per heavy atom. The number of halogens is 1. The van der Waals surface area contributed by atoms with Crippen molar-refractivity contribution in [1.29, 1.82) is 0 Å². The summed E-state index contributed by atoms with van der Waals surface area (Å²) in [7, 11) is 3.24. The molecule has 1 aromatic heterocycles. The number of aryl methyl sites for hydroxylation is 1. The SMILES string of the molecule is CCC(CC)(NC(=O)c1c(C)nn2c1N[C@@H](c1ccccc1)CC2(C)C)c1ccc(OC)c(OC)c1.Cl. The number of carbonyl (C=O) groups is 1. The quantitative estimate of drug-likeness (QED) is 0.356. The Morgan fingerprint density at radius 1 is 1.11 bits per heavy atom. The summed E-state index contributed by atoms with van der Waals surface area (Å²) in [6.07, 6.45) is 2.31. The van der Waals surface area contributed by atoms with Crippen molar-refractivity contribution in [2.75, 3.05) is 19.5 Å². The minimum atomic E-state index is -0.569. The molecule has 2 N–H and O–H groups in total. The van der Waals surface area contributed by atoms with Gasteiger partial charge in [0.1, 0.15) is 11.4 Å². The Balaban J connectivity index is 0.00000380. The third-order valence-corrected chi connectivity index (χ3v) is 7.57. The van der Waals surface area contributed by atoms with Gasteiger partial charge in [0, 0.05) is 0 Å². The van der Waals surface area contributed by atoms with Gasteiger partial charge in [0.15, 0.2) is 11.5 Å². The lowest BCUT2D eigenvalue weighted by Crippen LogP contribution is -2.45. The molecular weight excluding hydrogens is 488 g/mol. The number of hydrogen-bond donors (Lipinski definition) is 2. The van der Waals surface area contributed by atoms with E-state index < -0.39 is 5.54 Å². The summed E-state index contributed by atoms with van der Waals surface area (Å²) in [4.78, 5) is 14.0. The average Bonchev–Trinajstić information content (AvgIpc) is 3.24. The Labute approximate surface area is 226 Å². The molecule has 1 aliphatic heterocycles. The van der Waals surface area contributed by atoms with Crippen molar-refractivity contribution in [1.82, 2.24) is 15.1 Å². The van der Waals surface area contributed by atoms with E-state index in [1.807, 2.05) is 35.9 Å². The molecule has 4 rings (SSSR count). The van der Waals surface area contributed by atoms with Gasteiger partial charge in [0.25, 0.3) is 5.91 Å². The number of anilines is 1. The molecule has 0 fully saturated rings. The van der Waals surface area contributed by atoms with E-state index in [-0.39, 0.29) is 29.9 Å². The molecule has 0 saturated carbocycles. The monoisotopic (exact) mass is 526 g/mol. The first-order chi connectivity index (χ1) is 17.2. The summed E-state index contributed by atoms with van der Waals surface area (Å²) in [6.45, 7) is 10.4. The molecule has 0 radical (unpaired) electrons. The first kappa shape index (κ1) is 28.4. The summed E-state index contributed by atoms with van der Waals surface area (Å²) >= 11 is 0. The molecule has 1 atom stereocenters. The predicted molar refractivity (Wildman–Crippen MR) is 150 cm³/mol. The Hall–Kier alpha value is -3.19. The van der Waals surface area contributed by atoms with Crippen molar-refractivity contribution >= 4 is 24.1 Å². The van der Waals surface area contributed by atoms with Crippen LogP contribution in [0.5, 0.6) is 11.5 Å². The third kappa shape index (κ3) is 5.14. The average molecular weight is 527 g/mol. The number of nitrogens with one attached hydrogen (secondary N) is 2. The second-order valence-corrected chi connectivity index (χ2v) is 10.2. The van der Waals surface area contributed by atoms with E-state index in [0.29, 0.717) is 22.8 Å². The second-order valence-electron chi connectivity index (χ2n) is 10.2. The minimum absolute atomic E-state index is 0. The molecule has 2 aromatic carbocycles. The van der Waals surface area contributed by atoms with Gasteiger partial charge in [-0.2, -0.15) is 5.10 Å². The van der Waals surface area contributed by atoms with Gasteiger partial charge in [-0.05, 0) is 63.3 Å². The number of amides is 1. The van der Waals surface area contributed by atoms with Crippen LogP contribution in [0.4, 0.5) is 5.82 Å². The number of hydrogen-bond acceptors (Lipinski definition) is 5. The molecule has 2 heterocycles. The molecule has 0 aliphatic carbocycles. The van der Waals surface area contributed by atoms with Gasteiger partial charge in [0.2, 0.25) is 0 Å². The molecule has 8 heteroatoms. The van der Waals surface area contributed by atoms with Crippen LogP contribution >= 0.6 is 12.4 Å². The lowest BCUT2D eigenvalue weighted by atomic mass is 9.84. The summed E-state index contributed by atoms with van der Waals surface area (Å²) in [5, 5.41) is 11.8. The number of nitrogens with zero attached hydrogens (tertiary/aromatic N) is 2. The van der Waals surface area contributed by atoms with Gasteiger partial charge >= 0.3 is 0 Å². The number of fused-ring (bicyclic) bond motifs is 1. The topological polar surface area (TPSA) is 77.4 Å². The summed E-state index contributed by atoms with van der Waals surface area (Å²) in [5.74, 6) is 1.94. The molecule has 0 bridgehead atoms. The molecule has 7 nitrogen and oxygen atoms in total. The lowest BCUT2D eigenvalue weighted by molar-refractivity contribution is 0.0889. The van der Waals surface area contributed by atoms with Crippen LogP contribution in [0.25, 0.3) is 0 Å². The van der Waals surface area contributed by atoms with Crippen molar-refractivity contribution in [2.45, 2.75) is 71.0 Å². The zero-order valence-corrected chi connectivity index (χ0v) is 23.7. The Bertz CT molecular complexity index is 1240. The van der Waals surface area contributed by atoms with Gasteiger partial charge in [-0.1, -0.05) is 50.2 Å². The highest BCUT2D eigenvalue weighted by Gasteiger charge is 2.39. The first-order valence-corrected chi connectivity index (χ1v) is 12.7. The lowest BCUT2D eigenvalue weighted by Gasteiger charge is -2.38. The number of benzene rings is 2. The van der Waals surface area contributed by atoms with Crippen molar-refractivity contribution in [2.24, 2.45) is 0 Å². The van der Waals surface area contributed by atoms with Crippen LogP contribution in [-0.4, -0.2) is 29.9 Å². The van der Waals surface area contributed by atoms with Crippen LogP contribution in [0.3, 0.4) is 0 Å². The zero-order valence-electron chi connectivity index (χ0n) is 22.8. The number of methoxy groups -OCH3 is 2. The fourth-order valence-electron chi connectivity index (χ4n) is 5.38. The minimum Gasteiger partial charge on any atom is -0.493 e. The van der Waals surface area contributed by atoms with Gasteiger partial charge < -0.3 is 20.1 Å². The molecule has 37 heavy (non-hydrogen) atoms. The third-order valence-electron chi connectivity index (χ3n) is 7.57. The van der Waals surface area contributed by atoms with Crippen LogP contribution < -0.4 is 20.1 Å². The van der Waals surface area contributed by atoms with Crippen LogP contribution in [0.1, 0.15) is 80.2 Å². The molecule has 0 unspecified atom stereocenters. The number of rotatable bonds is 8. The molecule has 200 valence electrons. The van der Waals surface area contributed by atoms with Crippen LogP contribution in [0.15, 0.2) is 48.5 Å². The van der Waals surface area contributed by atoms with E-state index in [4.69, 9.17) is 14.6 Å². The van der Waals surface area contributed by atoms with Gasteiger partial charge in [-0.3, -0.25) is 4.79 Å². The standard InChI is InChI=1S/C29H38N4O3.ClH/c1-8-29(9-2,21-15-16-23(35-6)24(17-21)36-7)31-27(34)25-19(3)32-33-26(25)30-22(18-28(33,4)5)20-13-11-10-12-14-20;/h10-17,22,30H,8-9,18H2,1-7H3,(H,31,34);1H/t22-;/m1./s1. The van der Waals surface area contributed by atoms with Crippen LogP contribution in [0.2, 0.25) is 0 Å². The van der Waals surface area contributed by atoms with E-state index >= 15 is 0 Å². The van der Waals surface area contributed by atoms with Gasteiger partial charge in [-0.15, -0.1) is 12.4 Å². The maximum atomic E-state index is 14.0. The van der Waals surface area contributed by atoms with Crippen molar-refractivity contribution in [3.63, 3.8) is 0 Å². The predicted octanol–water partition coefficient (Wildman–Crippen LogP) is 6.37. The van der Waals surface area contributed by atoms with Gasteiger partial charge in [0.05, 0.1) is 37.0 Å². The summed E-state index contributed by atoms with van der Waals surface area (Å²) < 4.78 is 12.9. The molecule has 0 saturated heterocycles. The van der Waals surface area contributed by atoms with E-state index in [1.165, 1.54) is 5.56 Å². The number of aromatic nitrogens is 2. The zero-order chi connectivity index (χ0) is 26.1. The van der Waals surface area contributed by atoms with Crippen molar-refractivity contribution in [3.8, 4) is 11.5 Å². The van der Waals surface area contributed by atoms with Gasteiger partial charge in [-0.25, -0.2) is 4.68 Å². The largest absolute Gasteiger partial charge is 0.493 e. The molecule has 0 spiro atoms. The Kier molecular flexibility index (Phi) is 8.48. The highest BCUT2D eigenvalue weighted by atomic mass is 35.5. The van der Waals surface area contributed by atoms with E-state index in [2.05, 4.69) is 62.6 Å². The van der Waals surface area contributed by atoms with E-state index in [1.54, 1.807) is 14.2 Å². The maximum Gasteiger partial charge on any atom is 0.257 e. The highest BCUT2D eigenvalue weighted by Crippen LogP contribution is 2.42. The number of ether oxygens (including phenoxy) is 2. The smallest absolute Gasteiger partial charge is 0.257 e. The van der Waals surface area contributed by atoms with Crippen LogP contribution in [-0.2, 0) is 11.1 Å². The normalized spacial score (nSPS) is 16.1. The van der Waals surface area contributed by atoms with E-state index in [9.17, 15) is 4.79 Å². The molecule has 1 aliphatic rings. The maximum absolute atomic E-state index is 14.0.